The van der Waals surface area contributed by atoms with Gasteiger partial charge in [0, 0.05) is 18.5 Å². The summed E-state index contributed by atoms with van der Waals surface area (Å²) in [6, 6.07) is 5.89. The summed E-state index contributed by atoms with van der Waals surface area (Å²) in [4.78, 5) is 16.0. The second-order valence-corrected chi connectivity index (χ2v) is 4.95. The Bertz CT molecular complexity index is 684. The van der Waals surface area contributed by atoms with Gasteiger partial charge in [0.2, 0.25) is 0 Å². The number of carbonyl (C=O) groups is 1. The maximum Gasteiger partial charge on any atom is 0.319 e. The number of rotatable bonds is 6. The number of hydrogen-bond donors (Lipinski definition) is 2. The van der Waals surface area contributed by atoms with Crippen molar-refractivity contribution in [2.24, 2.45) is 0 Å². The van der Waals surface area contributed by atoms with E-state index >= 15 is 0 Å². The van der Waals surface area contributed by atoms with E-state index in [0.717, 1.165) is 17.7 Å². The normalized spacial score (nSPS) is 11.9. The van der Waals surface area contributed by atoms with Gasteiger partial charge in [0.25, 0.3) is 6.43 Å². The molecule has 1 aromatic heterocycles. The minimum Gasteiger partial charge on any atom is -0.485 e. The maximum absolute atomic E-state index is 13.2. The summed E-state index contributed by atoms with van der Waals surface area (Å²) in [6.45, 7) is 0.862. The molecule has 2 N–H and O–H groups in total. The second kappa shape index (κ2) is 8.19. The van der Waals surface area contributed by atoms with Crippen LogP contribution in [0.5, 0.6) is 5.75 Å². The van der Waals surface area contributed by atoms with Crippen molar-refractivity contribution >= 4 is 11.7 Å². The summed E-state index contributed by atoms with van der Waals surface area (Å²) in [7, 11) is 0. The molecular formula is C16H16F3N3O2. The number of nitrogens with one attached hydrogen (secondary N) is 2. The van der Waals surface area contributed by atoms with Crippen LogP contribution in [0.2, 0.25) is 0 Å². The molecule has 2 rings (SSSR count). The molecule has 0 saturated carbocycles. The third-order valence-corrected chi connectivity index (χ3v) is 3.09. The molecule has 0 aliphatic carbocycles. The zero-order valence-electron chi connectivity index (χ0n) is 12.8. The maximum atomic E-state index is 13.2. The van der Waals surface area contributed by atoms with Crippen molar-refractivity contribution in [3.8, 4) is 5.75 Å². The van der Waals surface area contributed by atoms with Crippen LogP contribution in [-0.2, 0) is 0 Å². The first kappa shape index (κ1) is 17.6. The molecule has 24 heavy (non-hydrogen) atoms. The van der Waals surface area contributed by atoms with Crippen LogP contribution in [0.3, 0.4) is 0 Å². The Balaban J connectivity index is 2.03. The Kier molecular flexibility index (Phi) is 6.00. The molecule has 0 aliphatic heterocycles. The summed E-state index contributed by atoms with van der Waals surface area (Å²) in [5.41, 5.74) is 0.883. The fourth-order valence-corrected chi connectivity index (χ4v) is 1.94. The van der Waals surface area contributed by atoms with Crippen LogP contribution >= 0.6 is 0 Å². The molecule has 0 radical (unpaired) electrons. The molecule has 1 heterocycles. The number of anilines is 1. The third-order valence-electron chi connectivity index (χ3n) is 3.09. The van der Waals surface area contributed by atoms with Gasteiger partial charge in [-0.3, -0.25) is 4.98 Å². The smallest absolute Gasteiger partial charge is 0.319 e. The number of pyridine rings is 1. The van der Waals surface area contributed by atoms with Gasteiger partial charge in [-0.2, -0.15) is 0 Å². The number of halogens is 3. The zero-order valence-corrected chi connectivity index (χ0v) is 12.8. The van der Waals surface area contributed by atoms with Gasteiger partial charge in [-0.1, -0.05) is 6.07 Å². The lowest BCUT2D eigenvalue weighted by Crippen LogP contribution is -2.31. The van der Waals surface area contributed by atoms with Crippen LogP contribution in [-0.4, -0.2) is 24.0 Å². The number of aromatic nitrogens is 1. The van der Waals surface area contributed by atoms with Crippen molar-refractivity contribution < 1.29 is 22.7 Å². The highest BCUT2D eigenvalue weighted by molar-refractivity contribution is 5.91. The first-order valence-corrected chi connectivity index (χ1v) is 7.13. The van der Waals surface area contributed by atoms with Crippen molar-refractivity contribution in [1.82, 2.24) is 10.3 Å². The lowest BCUT2D eigenvalue weighted by atomic mass is 10.1. The Labute approximate surface area is 136 Å². The van der Waals surface area contributed by atoms with Gasteiger partial charge >= 0.3 is 6.03 Å². The summed E-state index contributed by atoms with van der Waals surface area (Å²) in [5, 5.41) is 5.12. The van der Waals surface area contributed by atoms with E-state index in [4.69, 9.17) is 4.74 Å². The van der Waals surface area contributed by atoms with Crippen molar-refractivity contribution in [1.29, 1.82) is 0 Å². The number of hydrogen-bond acceptors (Lipinski definition) is 3. The fourth-order valence-electron chi connectivity index (χ4n) is 1.94. The zero-order chi connectivity index (χ0) is 17.5. The van der Waals surface area contributed by atoms with Crippen LogP contribution in [0.15, 0.2) is 42.7 Å². The third kappa shape index (κ3) is 5.15. The van der Waals surface area contributed by atoms with Crippen LogP contribution in [0.1, 0.15) is 18.5 Å². The van der Waals surface area contributed by atoms with Gasteiger partial charge in [0.1, 0.15) is 18.2 Å². The number of nitrogens with zero attached hydrogens (tertiary/aromatic N) is 1. The lowest BCUT2D eigenvalue weighted by molar-refractivity contribution is 0.0821. The molecule has 5 nitrogen and oxygen atoms in total. The highest BCUT2D eigenvalue weighted by Crippen LogP contribution is 2.26. The Hall–Kier alpha value is -2.77. The lowest BCUT2D eigenvalue weighted by Gasteiger charge is -2.16. The number of benzene rings is 1. The standard InChI is InChI=1S/C16H16F3N3O2/c1-10(11-3-2-6-20-8-11)21-16(23)22-13-5-4-12(17)7-14(13)24-9-15(18)19/h2-8,10,15H,9H2,1H3,(H2,21,22,23)/t10-/m1/s1. The van der Waals surface area contributed by atoms with Crippen LogP contribution in [0, 0.1) is 5.82 Å². The molecule has 0 spiro atoms. The van der Waals surface area contributed by atoms with E-state index < -0.39 is 24.9 Å². The predicted octanol–water partition coefficient (Wildman–Crippen LogP) is 3.75. The SMILES string of the molecule is C[C@@H](NC(=O)Nc1ccc(F)cc1OCC(F)F)c1cccnc1. The van der Waals surface area contributed by atoms with Gasteiger partial charge < -0.3 is 15.4 Å². The van der Waals surface area contributed by atoms with Gasteiger partial charge in [-0.25, -0.2) is 18.0 Å². The molecule has 0 aliphatic rings. The summed E-state index contributed by atoms with van der Waals surface area (Å²) in [5.74, 6) is -0.826. The van der Waals surface area contributed by atoms with Crippen LogP contribution in [0.25, 0.3) is 0 Å². The molecule has 0 saturated heterocycles. The number of ether oxygens (including phenoxy) is 1. The molecule has 0 unspecified atom stereocenters. The molecular weight excluding hydrogens is 323 g/mol. The van der Waals surface area contributed by atoms with E-state index in [1.165, 1.54) is 6.07 Å². The number of carbonyl (C=O) groups excluding carboxylic acids is 1. The summed E-state index contributed by atoms with van der Waals surface area (Å²) < 4.78 is 42.6. The fraction of sp³-hybridized carbons (Fsp3) is 0.250. The highest BCUT2D eigenvalue weighted by atomic mass is 19.3. The monoisotopic (exact) mass is 339 g/mol. The molecule has 0 bridgehead atoms. The van der Waals surface area contributed by atoms with Gasteiger partial charge in [0.05, 0.1) is 11.7 Å². The second-order valence-electron chi connectivity index (χ2n) is 4.95. The molecule has 0 fully saturated rings. The van der Waals surface area contributed by atoms with Crippen molar-refractivity contribution in [2.75, 3.05) is 11.9 Å². The average Bonchev–Trinajstić information content (AvgIpc) is 2.55. The predicted molar refractivity (Wildman–Crippen MR) is 82.7 cm³/mol. The number of urea groups is 1. The largest absolute Gasteiger partial charge is 0.485 e. The van der Waals surface area contributed by atoms with Crippen LogP contribution < -0.4 is 15.4 Å². The molecule has 2 aromatic rings. The van der Waals surface area contributed by atoms with Gasteiger partial charge in [0.15, 0.2) is 0 Å². The topological polar surface area (TPSA) is 63.2 Å². The molecule has 1 atom stereocenters. The molecule has 128 valence electrons. The number of amides is 2. The summed E-state index contributed by atoms with van der Waals surface area (Å²) in [6.07, 6.45) is 0.516. The summed E-state index contributed by atoms with van der Waals surface area (Å²) >= 11 is 0. The molecule has 2 amide bonds. The first-order valence-electron chi connectivity index (χ1n) is 7.13. The molecule has 8 heteroatoms. The van der Waals surface area contributed by atoms with Crippen molar-refractivity contribution in [3.05, 3.63) is 54.1 Å². The van der Waals surface area contributed by atoms with Gasteiger partial charge in [-0.05, 0) is 30.7 Å². The molecule has 1 aromatic carbocycles. The van der Waals surface area contributed by atoms with E-state index in [2.05, 4.69) is 15.6 Å². The van der Waals surface area contributed by atoms with E-state index in [1.54, 1.807) is 31.5 Å². The Morgan fingerprint density at radius 1 is 1.33 bits per heavy atom. The quantitative estimate of drug-likeness (QED) is 0.842. The van der Waals surface area contributed by atoms with Crippen molar-refractivity contribution in [2.45, 2.75) is 19.4 Å². The van der Waals surface area contributed by atoms with Crippen LogP contribution in [0.4, 0.5) is 23.7 Å². The minimum absolute atomic E-state index is 0.0907. The Morgan fingerprint density at radius 2 is 2.12 bits per heavy atom. The van der Waals surface area contributed by atoms with E-state index in [1.807, 2.05) is 0 Å². The van der Waals surface area contributed by atoms with E-state index in [-0.39, 0.29) is 17.5 Å². The van der Waals surface area contributed by atoms with Gasteiger partial charge in [-0.15, -0.1) is 0 Å². The highest BCUT2D eigenvalue weighted by Gasteiger charge is 2.14. The van der Waals surface area contributed by atoms with E-state index in [9.17, 15) is 18.0 Å². The Morgan fingerprint density at radius 3 is 2.79 bits per heavy atom. The first-order chi connectivity index (χ1) is 11.5. The van der Waals surface area contributed by atoms with Crippen molar-refractivity contribution in [3.63, 3.8) is 0 Å². The average molecular weight is 339 g/mol. The minimum atomic E-state index is -2.71. The number of alkyl halides is 2. The van der Waals surface area contributed by atoms with E-state index in [0.29, 0.717) is 0 Å².